The second-order valence-electron chi connectivity index (χ2n) is 7.68. The Bertz CT molecular complexity index is 988. The van der Waals surface area contributed by atoms with Crippen molar-refractivity contribution in [3.63, 3.8) is 0 Å². The van der Waals surface area contributed by atoms with Crippen molar-refractivity contribution in [2.45, 2.75) is 44.0 Å². The molecule has 1 atom stereocenters. The molecule has 1 fully saturated rings. The molecule has 1 aliphatic heterocycles. The number of nitrogens with zero attached hydrogens (tertiary/aromatic N) is 1. The zero-order valence-corrected chi connectivity index (χ0v) is 18.5. The number of benzene rings is 1. The first kappa shape index (κ1) is 23.0. The molecule has 1 aromatic heterocycles. The van der Waals surface area contributed by atoms with Crippen LogP contribution in [0.25, 0.3) is 0 Å². The molecule has 9 heteroatoms. The van der Waals surface area contributed by atoms with Crippen LogP contribution < -0.4 is 10.6 Å². The van der Waals surface area contributed by atoms with Gasteiger partial charge in [0.05, 0.1) is 11.4 Å². The van der Waals surface area contributed by atoms with Gasteiger partial charge in [-0.25, -0.2) is 8.42 Å². The highest BCUT2D eigenvalue weighted by molar-refractivity contribution is 7.89. The van der Waals surface area contributed by atoms with Gasteiger partial charge in [-0.1, -0.05) is 18.2 Å². The average molecular weight is 448 g/mol. The van der Waals surface area contributed by atoms with E-state index in [2.05, 4.69) is 10.6 Å². The van der Waals surface area contributed by atoms with Crippen LogP contribution in [0.3, 0.4) is 0 Å². The molecule has 1 aliphatic rings. The molecule has 8 nitrogen and oxygen atoms in total. The Balaban J connectivity index is 1.66. The molecular weight excluding hydrogens is 418 g/mol. The summed E-state index contributed by atoms with van der Waals surface area (Å²) >= 11 is 0. The van der Waals surface area contributed by atoms with Crippen LogP contribution in [0.5, 0.6) is 0 Å². The van der Waals surface area contributed by atoms with Gasteiger partial charge < -0.3 is 15.1 Å². The van der Waals surface area contributed by atoms with Gasteiger partial charge in [-0.05, 0) is 50.5 Å². The van der Waals surface area contributed by atoms with Crippen LogP contribution in [0, 0.1) is 12.8 Å². The molecule has 0 aliphatic carbocycles. The van der Waals surface area contributed by atoms with E-state index in [4.69, 9.17) is 4.42 Å². The number of rotatable bonds is 5. The predicted molar refractivity (Wildman–Crippen MR) is 115 cm³/mol. The zero-order chi connectivity index (χ0) is 22.3. The van der Waals surface area contributed by atoms with Crippen LogP contribution in [0.15, 0.2) is 51.8 Å². The first-order chi connectivity index (χ1) is 14.9. The lowest BCUT2D eigenvalue weighted by Gasteiger charge is -2.22. The van der Waals surface area contributed by atoms with E-state index in [0.29, 0.717) is 38.1 Å². The summed E-state index contributed by atoms with van der Waals surface area (Å²) in [6.45, 7) is 2.88. The number of carbonyl (C=O) groups is 2. The number of hydrogen-bond donors (Lipinski definition) is 2. The van der Waals surface area contributed by atoms with Crippen LogP contribution in [0.2, 0.25) is 0 Å². The third-order valence-electron chi connectivity index (χ3n) is 5.35. The van der Waals surface area contributed by atoms with Gasteiger partial charge in [0.2, 0.25) is 21.8 Å². The lowest BCUT2D eigenvalue weighted by atomic mass is 9.98. The number of amides is 2. The smallest absolute Gasteiger partial charge is 0.243 e. The fourth-order valence-electron chi connectivity index (χ4n) is 3.61. The van der Waals surface area contributed by atoms with Gasteiger partial charge in [-0.15, -0.1) is 0 Å². The first-order valence-electron chi connectivity index (χ1n) is 10.5. The molecule has 1 aromatic carbocycles. The SMILES string of the molecule is Cc1ccc(CNC(=O)C2CCCN(S(=O)(=O)c3ccccc3)CCC(=O)NCC2)o1. The molecule has 1 saturated heterocycles. The zero-order valence-electron chi connectivity index (χ0n) is 17.7. The van der Waals surface area contributed by atoms with Crippen molar-refractivity contribution in [2.75, 3.05) is 19.6 Å². The molecule has 3 rings (SSSR count). The van der Waals surface area contributed by atoms with E-state index in [9.17, 15) is 18.0 Å². The summed E-state index contributed by atoms with van der Waals surface area (Å²) in [5, 5.41) is 5.68. The fourth-order valence-corrected chi connectivity index (χ4v) is 5.11. The average Bonchev–Trinajstić information content (AvgIpc) is 3.16. The number of furan rings is 1. The van der Waals surface area contributed by atoms with Crippen LogP contribution in [-0.2, 0) is 26.2 Å². The molecule has 2 amide bonds. The lowest BCUT2D eigenvalue weighted by molar-refractivity contribution is -0.126. The summed E-state index contributed by atoms with van der Waals surface area (Å²) < 4.78 is 32.9. The van der Waals surface area contributed by atoms with Gasteiger partial charge in [-0.3, -0.25) is 9.59 Å². The summed E-state index contributed by atoms with van der Waals surface area (Å²) in [4.78, 5) is 25.1. The third kappa shape index (κ3) is 6.41. The van der Waals surface area contributed by atoms with Crippen molar-refractivity contribution in [3.05, 3.63) is 54.0 Å². The maximum atomic E-state index is 13.0. The van der Waals surface area contributed by atoms with Gasteiger partial charge in [0, 0.05) is 32.0 Å². The van der Waals surface area contributed by atoms with Crippen molar-refractivity contribution in [2.24, 2.45) is 5.92 Å². The van der Waals surface area contributed by atoms with Crippen LogP contribution in [-0.4, -0.2) is 44.2 Å². The fraction of sp³-hybridized carbons (Fsp3) is 0.455. The maximum Gasteiger partial charge on any atom is 0.243 e. The highest BCUT2D eigenvalue weighted by atomic mass is 32.2. The van der Waals surface area contributed by atoms with E-state index in [1.807, 2.05) is 19.1 Å². The Labute approximate surface area is 183 Å². The molecule has 0 radical (unpaired) electrons. The molecular formula is C22H29N3O5S. The number of aryl methyl sites for hydroxylation is 1. The van der Waals surface area contributed by atoms with E-state index < -0.39 is 10.0 Å². The highest BCUT2D eigenvalue weighted by Crippen LogP contribution is 2.19. The van der Waals surface area contributed by atoms with E-state index >= 15 is 0 Å². The highest BCUT2D eigenvalue weighted by Gasteiger charge is 2.27. The molecule has 168 valence electrons. The first-order valence-corrected chi connectivity index (χ1v) is 11.9. The van der Waals surface area contributed by atoms with Gasteiger partial charge in [0.1, 0.15) is 11.5 Å². The topological polar surface area (TPSA) is 109 Å². The van der Waals surface area contributed by atoms with Crippen molar-refractivity contribution in [3.8, 4) is 0 Å². The van der Waals surface area contributed by atoms with Crippen LogP contribution in [0.1, 0.15) is 37.2 Å². The van der Waals surface area contributed by atoms with Crippen LogP contribution >= 0.6 is 0 Å². The number of hydrogen-bond acceptors (Lipinski definition) is 5. The molecule has 2 aromatic rings. The Morgan fingerprint density at radius 1 is 1.16 bits per heavy atom. The molecule has 0 spiro atoms. The third-order valence-corrected chi connectivity index (χ3v) is 7.26. The van der Waals surface area contributed by atoms with E-state index in [0.717, 1.165) is 5.76 Å². The van der Waals surface area contributed by atoms with Crippen molar-refractivity contribution in [1.82, 2.24) is 14.9 Å². The number of sulfonamides is 1. The summed E-state index contributed by atoms with van der Waals surface area (Å²) in [6.07, 6.45) is 1.64. The van der Waals surface area contributed by atoms with Crippen molar-refractivity contribution in [1.29, 1.82) is 0 Å². The Kier molecular flexibility index (Phi) is 7.86. The second-order valence-corrected chi connectivity index (χ2v) is 9.61. The Hall–Kier alpha value is -2.65. The quantitative estimate of drug-likeness (QED) is 0.730. The summed E-state index contributed by atoms with van der Waals surface area (Å²) in [6, 6.07) is 11.9. The van der Waals surface area contributed by atoms with Gasteiger partial charge in [0.15, 0.2) is 0 Å². The molecule has 2 heterocycles. The summed E-state index contributed by atoms with van der Waals surface area (Å²) in [5.41, 5.74) is 0. The second kappa shape index (κ2) is 10.6. The monoisotopic (exact) mass is 447 g/mol. The largest absolute Gasteiger partial charge is 0.465 e. The molecule has 2 N–H and O–H groups in total. The molecule has 1 unspecified atom stereocenters. The maximum absolute atomic E-state index is 13.0. The number of nitrogens with one attached hydrogen (secondary N) is 2. The summed E-state index contributed by atoms with van der Waals surface area (Å²) in [7, 11) is -3.71. The van der Waals surface area contributed by atoms with Crippen molar-refractivity contribution < 1.29 is 22.4 Å². The van der Waals surface area contributed by atoms with Gasteiger partial charge in [0.25, 0.3) is 0 Å². The minimum Gasteiger partial charge on any atom is -0.465 e. The van der Waals surface area contributed by atoms with E-state index in [1.54, 1.807) is 30.3 Å². The minimum absolute atomic E-state index is 0.0841. The summed E-state index contributed by atoms with van der Waals surface area (Å²) in [5.74, 6) is 0.786. The Morgan fingerprint density at radius 3 is 2.65 bits per heavy atom. The van der Waals surface area contributed by atoms with Gasteiger partial charge in [-0.2, -0.15) is 4.31 Å². The van der Waals surface area contributed by atoms with Crippen LogP contribution in [0.4, 0.5) is 0 Å². The molecule has 0 saturated carbocycles. The lowest BCUT2D eigenvalue weighted by Crippen LogP contribution is -2.35. The minimum atomic E-state index is -3.71. The molecule has 0 bridgehead atoms. The predicted octanol–water partition coefficient (Wildman–Crippen LogP) is 2.20. The Morgan fingerprint density at radius 2 is 1.94 bits per heavy atom. The normalized spacial score (nSPS) is 19.3. The number of carbonyl (C=O) groups excluding carboxylic acids is 2. The molecule has 31 heavy (non-hydrogen) atoms. The van der Waals surface area contributed by atoms with Gasteiger partial charge >= 0.3 is 0 Å². The van der Waals surface area contributed by atoms with Crippen molar-refractivity contribution >= 4 is 21.8 Å². The van der Waals surface area contributed by atoms with E-state index in [-0.39, 0.29) is 42.1 Å². The van der Waals surface area contributed by atoms with E-state index in [1.165, 1.54) is 4.31 Å². The standard InChI is InChI=1S/C22H29N3O5S/c1-17-9-10-19(30-17)16-24-22(27)18-6-5-14-25(15-12-21(26)23-13-11-18)31(28,29)20-7-3-2-4-8-20/h2-4,7-10,18H,5-6,11-16H2,1H3,(H,23,26)(H,24,27).